The summed E-state index contributed by atoms with van der Waals surface area (Å²) in [6, 6.07) is 0. The molecule has 2 N–H and O–H groups in total. The predicted molar refractivity (Wildman–Crippen MR) is 89.6 cm³/mol. The van der Waals surface area contributed by atoms with Crippen LogP contribution in [0.3, 0.4) is 0 Å². The van der Waals surface area contributed by atoms with Gasteiger partial charge in [-0.3, -0.25) is 0 Å². The summed E-state index contributed by atoms with van der Waals surface area (Å²) in [5.74, 6) is 2.70. The number of hydrogen-bond acceptors (Lipinski definition) is 2. The van der Waals surface area contributed by atoms with Gasteiger partial charge < -0.3 is 10.2 Å². The molecule has 9 atom stereocenters. The van der Waals surface area contributed by atoms with Crippen molar-refractivity contribution in [3.63, 3.8) is 0 Å². The summed E-state index contributed by atoms with van der Waals surface area (Å²) < 4.78 is 0. The van der Waals surface area contributed by atoms with Crippen LogP contribution in [0.2, 0.25) is 0 Å². The van der Waals surface area contributed by atoms with Crippen LogP contribution in [0.5, 0.6) is 0 Å². The molecular formula is C19H27BrO2. The Labute approximate surface area is 141 Å². The van der Waals surface area contributed by atoms with Crippen LogP contribution in [0.4, 0.5) is 0 Å². The molecule has 5 rings (SSSR count). The van der Waals surface area contributed by atoms with Gasteiger partial charge in [0.2, 0.25) is 0 Å². The molecule has 4 fully saturated rings. The first kappa shape index (κ1) is 14.5. The van der Waals surface area contributed by atoms with Crippen molar-refractivity contribution in [2.24, 2.45) is 34.5 Å². The second-order valence-electron chi connectivity index (χ2n) is 9.12. The first-order chi connectivity index (χ1) is 10.5. The minimum atomic E-state index is -0.278. The average Bonchev–Trinajstić information content (AvgIpc) is 3.12. The summed E-state index contributed by atoms with van der Waals surface area (Å²) in [4.78, 5) is 0.690. The molecule has 5 aliphatic carbocycles. The first-order valence-corrected chi connectivity index (χ1v) is 10.1. The highest BCUT2D eigenvalue weighted by atomic mass is 79.9. The van der Waals surface area contributed by atoms with Crippen LogP contribution in [0.15, 0.2) is 11.6 Å². The van der Waals surface area contributed by atoms with Gasteiger partial charge in [0, 0.05) is 4.83 Å². The molecule has 0 aromatic carbocycles. The predicted octanol–water partition coefficient (Wildman–Crippen LogP) is 3.65. The highest BCUT2D eigenvalue weighted by molar-refractivity contribution is 9.09. The summed E-state index contributed by atoms with van der Waals surface area (Å²) in [5.41, 5.74) is 2.17. The van der Waals surface area contributed by atoms with Crippen molar-refractivity contribution >= 4 is 15.9 Å². The maximum atomic E-state index is 10.9. The molecule has 0 amide bonds. The van der Waals surface area contributed by atoms with Gasteiger partial charge in [0.25, 0.3) is 0 Å². The Morgan fingerprint density at radius 1 is 1.14 bits per heavy atom. The molecule has 5 unspecified atom stereocenters. The van der Waals surface area contributed by atoms with E-state index in [4.69, 9.17) is 0 Å². The Hall–Kier alpha value is 0.140. The van der Waals surface area contributed by atoms with Gasteiger partial charge in [-0.1, -0.05) is 34.5 Å². The molecule has 0 aliphatic heterocycles. The van der Waals surface area contributed by atoms with Crippen LogP contribution in [-0.4, -0.2) is 27.2 Å². The van der Waals surface area contributed by atoms with Crippen molar-refractivity contribution in [2.45, 2.75) is 68.9 Å². The van der Waals surface area contributed by atoms with Crippen molar-refractivity contribution in [3.8, 4) is 0 Å². The quantitative estimate of drug-likeness (QED) is 0.507. The molecule has 0 aromatic rings. The second-order valence-corrected chi connectivity index (χ2v) is 10.3. The Morgan fingerprint density at radius 2 is 1.95 bits per heavy atom. The molecule has 0 heterocycles. The van der Waals surface area contributed by atoms with Crippen LogP contribution < -0.4 is 0 Å². The summed E-state index contributed by atoms with van der Waals surface area (Å²) >= 11 is 3.93. The molecule has 0 radical (unpaired) electrons. The number of aliphatic hydroxyl groups excluding tert-OH is 2. The van der Waals surface area contributed by atoms with Crippen LogP contribution in [0, 0.1) is 34.5 Å². The lowest BCUT2D eigenvalue weighted by atomic mass is 9.49. The number of hydrogen-bond donors (Lipinski definition) is 2. The monoisotopic (exact) mass is 366 g/mol. The third-order valence-corrected chi connectivity index (χ3v) is 9.47. The largest absolute Gasteiger partial charge is 0.393 e. The third kappa shape index (κ3) is 1.64. The van der Waals surface area contributed by atoms with E-state index in [2.05, 4.69) is 28.9 Å². The van der Waals surface area contributed by atoms with Gasteiger partial charge >= 0.3 is 0 Å². The van der Waals surface area contributed by atoms with Gasteiger partial charge in [-0.05, 0) is 79.4 Å². The van der Waals surface area contributed by atoms with E-state index in [0.717, 1.165) is 31.1 Å². The molecule has 5 aliphatic rings. The van der Waals surface area contributed by atoms with Gasteiger partial charge in [0.05, 0.1) is 12.2 Å². The summed E-state index contributed by atoms with van der Waals surface area (Å²) in [6.07, 6.45) is 9.85. The van der Waals surface area contributed by atoms with E-state index in [0.29, 0.717) is 22.1 Å². The highest BCUT2D eigenvalue weighted by Crippen LogP contribution is 2.77. The van der Waals surface area contributed by atoms with E-state index in [1.165, 1.54) is 31.3 Å². The standard InChI is InChI=1S/C19H27BrO2/c1-18-4-2-11(21)6-10(18)7-16(22)17-12(18)3-5-19-9-14(19)15(20)8-13(17)19/h7,11-17,21-22H,2-6,8-9H2,1H3/t11-,12?,13?,14?,15+,16?,17?,18-,19+/m0/s1. The van der Waals surface area contributed by atoms with Crippen LogP contribution in [0.1, 0.15) is 51.9 Å². The number of halogens is 1. The second kappa shape index (κ2) is 4.40. The number of aliphatic hydroxyl groups is 2. The maximum Gasteiger partial charge on any atom is 0.0757 e. The molecule has 122 valence electrons. The maximum absolute atomic E-state index is 10.9. The molecular weight excluding hydrogens is 340 g/mol. The van der Waals surface area contributed by atoms with Crippen LogP contribution in [0.25, 0.3) is 0 Å². The smallest absolute Gasteiger partial charge is 0.0757 e. The molecule has 0 aromatic heterocycles. The Balaban J connectivity index is 1.55. The van der Waals surface area contributed by atoms with E-state index in [1.54, 1.807) is 0 Å². The van der Waals surface area contributed by atoms with E-state index >= 15 is 0 Å². The van der Waals surface area contributed by atoms with Gasteiger partial charge in [0.15, 0.2) is 0 Å². The van der Waals surface area contributed by atoms with Gasteiger partial charge in [0.1, 0.15) is 0 Å². The van der Waals surface area contributed by atoms with Crippen LogP contribution in [-0.2, 0) is 0 Å². The molecule has 22 heavy (non-hydrogen) atoms. The van der Waals surface area contributed by atoms with Crippen molar-refractivity contribution < 1.29 is 10.2 Å². The van der Waals surface area contributed by atoms with E-state index in [-0.39, 0.29) is 17.6 Å². The summed E-state index contributed by atoms with van der Waals surface area (Å²) in [7, 11) is 0. The minimum Gasteiger partial charge on any atom is -0.393 e. The Kier molecular flexibility index (Phi) is 2.90. The average molecular weight is 367 g/mol. The minimum absolute atomic E-state index is 0.191. The zero-order valence-corrected chi connectivity index (χ0v) is 14.9. The number of fused-ring (bicyclic) bond motifs is 4. The van der Waals surface area contributed by atoms with Crippen LogP contribution >= 0.6 is 15.9 Å². The summed E-state index contributed by atoms with van der Waals surface area (Å²) in [6.45, 7) is 2.43. The topological polar surface area (TPSA) is 40.5 Å². The third-order valence-electron chi connectivity index (χ3n) is 8.45. The van der Waals surface area contributed by atoms with Crippen molar-refractivity contribution in [3.05, 3.63) is 11.6 Å². The zero-order valence-electron chi connectivity index (χ0n) is 13.3. The molecule has 0 bridgehead atoms. The Morgan fingerprint density at radius 3 is 2.73 bits per heavy atom. The molecule has 4 saturated carbocycles. The normalized spacial score (nSPS) is 62.4. The number of alkyl halides is 1. The van der Waals surface area contributed by atoms with Gasteiger partial charge in [-0.2, -0.15) is 0 Å². The zero-order chi connectivity index (χ0) is 15.3. The molecule has 0 saturated heterocycles. The highest BCUT2D eigenvalue weighted by Gasteiger charge is 2.71. The lowest BCUT2D eigenvalue weighted by molar-refractivity contribution is -0.0679. The molecule has 3 heteroatoms. The SMILES string of the molecule is C[C@]12CC[C@H](O)CC1=CC(O)C1C3C[C@@H](Br)C4C[C@]34CCC12. The van der Waals surface area contributed by atoms with E-state index < -0.39 is 0 Å². The first-order valence-electron chi connectivity index (χ1n) is 9.17. The van der Waals surface area contributed by atoms with Crippen molar-refractivity contribution in [2.75, 3.05) is 0 Å². The lowest BCUT2D eigenvalue weighted by Gasteiger charge is -2.57. The van der Waals surface area contributed by atoms with E-state index in [9.17, 15) is 10.2 Å². The van der Waals surface area contributed by atoms with Gasteiger partial charge in [-0.15, -0.1) is 0 Å². The van der Waals surface area contributed by atoms with E-state index in [1.807, 2.05) is 0 Å². The fourth-order valence-corrected chi connectivity index (χ4v) is 8.37. The van der Waals surface area contributed by atoms with Gasteiger partial charge in [-0.25, -0.2) is 0 Å². The summed E-state index contributed by atoms with van der Waals surface area (Å²) in [5, 5.41) is 21.0. The fraction of sp³-hybridized carbons (Fsp3) is 0.895. The molecule has 2 nitrogen and oxygen atoms in total. The van der Waals surface area contributed by atoms with Crippen molar-refractivity contribution in [1.82, 2.24) is 0 Å². The molecule has 1 spiro atoms. The Bertz CT molecular complexity index is 546. The lowest BCUT2D eigenvalue weighted by Crippen LogP contribution is -2.52. The number of rotatable bonds is 0. The van der Waals surface area contributed by atoms with Crippen molar-refractivity contribution in [1.29, 1.82) is 0 Å². The fourth-order valence-electron chi connectivity index (χ4n) is 7.25.